The van der Waals surface area contributed by atoms with E-state index in [0.29, 0.717) is 5.76 Å². The molecular weight excluding hydrogens is 200 g/mol. The van der Waals surface area contributed by atoms with E-state index in [1.165, 1.54) is 6.92 Å². The Balaban J connectivity index is 2.73. The van der Waals surface area contributed by atoms with Crippen molar-refractivity contribution in [1.29, 1.82) is 0 Å². The highest BCUT2D eigenvalue weighted by Gasteiger charge is 2.20. The highest BCUT2D eigenvalue weighted by Crippen LogP contribution is 2.31. The Hall–Kier alpha value is -1.57. The third-order valence-corrected chi connectivity index (χ3v) is 2.70. The molecule has 1 aromatic carbocycles. The van der Waals surface area contributed by atoms with E-state index in [0.717, 1.165) is 16.5 Å². The number of benzene rings is 1. The molecule has 84 valence electrons. The molecule has 0 aliphatic carbocycles. The highest BCUT2D eigenvalue weighted by molar-refractivity contribution is 5.96. The average Bonchev–Trinajstić information content (AvgIpc) is 2.58. The summed E-state index contributed by atoms with van der Waals surface area (Å²) >= 11 is 0. The topological polar surface area (TPSA) is 30.2 Å². The van der Waals surface area contributed by atoms with Gasteiger partial charge in [-0.2, -0.15) is 0 Å². The lowest BCUT2D eigenvalue weighted by molar-refractivity contribution is 0.0989. The zero-order valence-corrected chi connectivity index (χ0v) is 10.1. The van der Waals surface area contributed by atoms with Gasteiger partial charge in [-0.15, -0.1) is 0 Å². The van der Waals surface area contributed by atoms with Crippen molar-refractivity contribution in [3.05, 3.63) is 35.6 Å². The number of ketones is 1. The predicted molar refractivity (Wildman–Crippen MR) is 64.9 cm³/mol. The molecule has 2 rings (SSSR count). The Labute approximate surface area is 95.3 Å². The van der Waals surface area contributed by atoms with Gasteiger partial charge in [0.2, 0.25) is 0 Å². The minimum Gasteiger partial charge on any atom is -0.453 e. The van der Waals surface area contributed by atoms with Crippen LogP contribution in [0.3, 0.4) is 0 Å². The van der Waals surface area contributed by atoms with Crippen LogP contribution in [0.5, 0.6) is 0 Å². The number of rotatable bonds is 1. The van der Waals surface area contributed by atoms with Crippen molar-refractivity contribution in [3.8, 4) is 0 Å². The van der Waals surface area contributed by atoms with Gasteiger partial charge in [-0.05, 0) is 11.5 Å². The molecule has 0 amide bonds. The van der Waals surface area contributed by atoms with E-state index < -0.39 is 0 Å². The van der Waals surface area contributed by atoms with Gasteiger partial charge < -0.3 is 4.42 Å². The Kier molecular flexibility index (Phi) is 2.38. The summed E-state index contributed by atoms with van der Waals surface area (Å²) in [6.45, 7) is 7.93. The van der Waals surface area contributed by atoms with Crippen molar-refractivity contribution in [1.82, 2.24) is 0 Å². The second-order valence-corrected chi connectivity index (χ2v) is 5.14. The number of furan rings is 1. The number of para-hydroxylation sites is 1. The lowest BCUT2D eigenvalue weighted by Crippen LogP contribution is -2.10. The normalized spacial score (nSPS) is 12.0. The van der Waals surface area contributed by atoms with Crippen molar-refractivity contribution >= 4 is 16.8 Å². The average molecular weight is 216 g/mol. The van der Waals surface area contributed by atoms with E-state index in [1.807, 2.05) is 18.2 Å². The first-order chi connectivity index (χ1) is 7.39. The Morgan fingerprint density at radius 2 is 1.94 bits per heavy atom. The van der Waals surface area contributed by atoms with Gasteiger partial charge in [0.05, 0.1) is 0 Å². The van der Waals surface area contributed by atoms with Crippen LogP contribution in [-0.4, -0.2) is 5.78 Å². The predicted octanol–water partition coefficient (Wildman–Crippen LogP) is 3.93. The molecule has 0 saturated carbocycles. The molecule has 1 heterocycles. The number of hydrogen-bond acceptors (Lipinski definition) is 2. The van der Waals surface area contributed by atoms with Crippen LogP contribution in [0.1, 0.15) is 43.8 Å². The number of carbonyl (C=O) groups is 1. The SMILES string of the molecule is CC(=O)c1cc2cccc(C(C)(C)C)c2o1. The second kappa shape index (κ2) is 3.48. The summed E-state index contributed by atoms with van der Waals surface area (Å²) in [6.07, 6.45) is 0. The molecule has 0 aliphatic rings. The zero-order valence-electron chi connectivity index (χ0n) is 10.1. The maximum absolute atomic E-state index is 11.3. The monoisotopic (exact) mass is 216 g/mol. The summed E-state index contributed by atoms with van der Waals surface area (Å²) in [6, 6.07) is 7.84. The van der Waals surface area contributed by atoms with Crippen molar-refractivity contribution in [2.24, 2.45) is 0 Å². The fraction of sp³-hybridized carbons (Fsp3) is 0.357. The molecule has 0 atom stereocenters. The van der Waals surface area contributed by atoms with Crippen molar-refractivity contribution in [3.63, 3.8) is 0 Å². The fourth-order valence-corrected chi connectivity index (χ4v) is 1.83. The highest BCUT2D eigenvalue weighted by atomic mass is 16.3. The quantitative estimate of drug-likeness (QED) is 0.676. The van der Waals surface area contributed by atoms with Crippen LogP contribution in [-0.2, 0) is 5.41 Å². The molecule has 0 radical (unpaired) electrons. The van der Waals surface area contributed by atoms with E-state index in [1.54, 1.807) is 0 Å². The van der Waals surface area contributed by atoms with Crippen LogP contribution in [0.25, 0.3) is 11.0 Å². The Morgan fingerprint density at radius 1 is 1.25 bits per heavy atom. The molecule has 2 heteroatoms. The largest absolute Gasteiger partial charge is 0.453 e. The molecule has 0 bridgehead atoms. The Bertz CT molecular complexity index is 541. The van der Waals surface area contributed by atoms with E-state index in [4.69, 9.17) is 4.42 Å². The first kappa shape index (κ1) is 10.9. The Morgan fingerprint density at radius 3 is 2.50 bits per heavy atom. The van der Waals surface area contributed by atoms with Crippen molar-refractivity contribution in [2.45, 2.75) is 33.1 Å². The summed E-state index contributed by atoms with van der Waals surface area (Å²) in [5.74, 6) is 0.405. The van der Waals surface area contributed by atoms with Gasteiger partial charge in [-0.3, -0.25) is 4.79 Å². The van der Waals surface area contributed by atoms with E-state index >= 15 is 0 Å². The van der Waals surface area contributed by atoms with Crippen molar-refractivity contribution in [2.75, 3.05) is 0 Å². The standard InChI is InChI=1S/C14H16O2/c1-9(15)12-8-10-6-5-7-11(13(10)16-12)14(2,3)4/h5-8H,1-4H3. The molecule has 0 unspecified atom stereocenters. The van der Waals surface area contributed by atoms with Gasteiger partial charge in [0.15, 0.2) is 11.5 Å². The lowest BCUT2D eigenvalue weighted by atomic mass is 9.86. The minimum absolute atomic E-state index is 0.0193. The zero-order chi connectivity index (χ0) is 11.9. The summed E-state index contributed by atoms with van der Waals surface area (Å²) in [7, 11) is 0. The van der Waals surface area contributed by atoms with Crippen LogP contribution in [0.2, 0.25) is 0 Å². The smallest absolute Gasteiger partial charge is 0.194 e. The third kappa shape index (κ3) is 1.75. The van der Waals surface area contributed by atoms with Gasteiger partial charge in [0, 0.05) is 17.9 Å². The van der Waals surface area contributed by atoms with E-state index in [-0.39, 0.29) is 11.2 Å². The van der Waals surface area contributed by atoms with Crippen LogP contribution in [0.15, 0.2) is 28.7 Å². The maximum Gasteiger partial charge on any atom is 0.194 e. The number of hydrogen-bond donors (Lipinski definition) is 0. The fourth-order valence-electron chi connectivity index (χ4n) is 1.83. The molecule has 1 aromatic heterocycles. The maximum atomic E-state index is 11.3. The van der Waals surface area contributed by atoms with Crippen LogP contribution < -0.4 is 0 Å². The first-order valence-corrected chi connectivity index (χ1v) is 5.43. The summed E-state index contributed by atoms with van der Waals surface area (Å²) < 4.78 is 5.64. The molecule has 2 nitrogen and oxygen atoms in total. The molecule has 0 spiro atoms. The second-order valence-electron chi connectivity index (χ2n) is 5.14. The summed E-state index contributed by atoms with van der Waals surface area (Å²) in [4.78, 5) is 11.3. The number of Topliss-reactive ketones (excluding diaryl/α,β-unsaturated/α-hetero) is 1. The molecule has 16 heavy (non-hydrogen) atoms. The van der Waals surface area contributed by atoms with Gasteiger partial charge in [-0.1, -0.05) is 39.0 Å². The van der Waals surface area contributed by atoms with Crippen LogP contribution in [0, 0.1) is 0 Å². The van der Waals surface area contributed by atoms with E-state index in [9.17, 15) is 4.79 Å². The van der Waals surface area contributed by atoms with Gasteiger partial charge in [-0.25, -0.2) is 0 Å². The molecular formula is C14H16O2. The van der Waals surface area contributed by atoms with Crippen molar-refractivity contribution < 1.29 is 9.21 Å². The first-order valence-electron chi connectivity index (χ1n) is 5.43. The van der Waals surface area contributed by atoms with Gasteiger partial charge in [0.1, 0.15) is 5.58 Å². The lowest BCUT2D eigenvalue weighted by Gasteiger charge is -2.18. The molecule has 0 N–H and O–H groups in total. The molecule has 2 aromatic rings. The molecule has 0 fully saturated rings. The summed E-state index contributed by atoms with van der Waals surface area (Å²) in [5.41, 5.74) is 1.99. The van der Waals surface area contributed by atoms with E-state index in [2.05, 4.69) is 26.8 Å². The van der Waals surface area contributed by atoms with Gasteiger partial charge in [0.25, 0.3) is 0 Å². The number of carbonyl (C=O) groups excluding carboxylic acids is 1. The van der Waals surface area contributed by atoms with Gasteiger partial charge >= 0.3 is 0 Å². The molecule has 0 saturated heterocycles. The summed E-state index contributed by atoms with van der Waals surface area (Å²) in [5, 5.41) is 0.998. The van der Waals surface area contributed by atoms with Crippen LogP contribution >= 0.6 is 0 Å². The third-order valence-electron chi connectivity index (χ3n) is 2.70. The van der Waals surface area contributed by atoms with Crippen LogP contribution in [0.4, 0.5) is 0 Å². The minimum atomic E-state index is -0.0314. The molecule has 0 aliphatic heterocycles. The number of fused-ring (bicyclic) bond motifs is 1.